The third-order valence-corrected chi connectivity index (χ3v) is 4.32. The Morgan fingerprint density at radius 2 is 1.95 bits per heavy atom. The molecule has 0 saturated heterocycles. The summed E-state index contributed by atoms with van der Waals surface area (Å²) in [4.78, 5) is 6.52. The molecule has 0 atom stereocenters. The van der Waals surface area contributed by atoms with Gasteiger partial charge in [-0.05, 0) is 37.0 Å². The standard InChI is InChI=1S/C17H26FN3.HI/c1-4-5-12-21(3)16(19-2)20-13-17(10-11-17)14-6-8-15(18)9-7-14;/h6-9H,4-5,10-13H2,1-3H3,(H,19,20);1H. The average molecular weight is 419 g/mol. The molecule has 0 aromatic heterocycles. The Bertz CT molecular complexity index is 483. The number of benzene rings is 1. The van der Waals surface area contributed by atoms with Gasteiger partial charge in [0.1, 0.15) is 5.82 Å². The molecule has 0 unspecified atom stereocenters. The predicted molar refractivity (Wildman–Crippen MR) is 102 cm³/mol. The summed E-state index contributed by atoms with van der Waals surface area (Å²) in [5, 5.41) is 3.48. The summed E-state index contributed by atoms with van der Waals surface area (Å²) in [6.07, 6.45) is 4.66. The van der Waals surface area contributed by atoms with E-state index in [2.05, 4.69) is 29.2 Å². The summed E-state index contributed by atoms with van der Waals surface area (Å²) in [5.41, 5.74) is 1.39. The number of hydrogen-bond donors (Lipinski definition) is 1. The van der Waals surface area contributed by atoms with Gasteiger partial charge in [-0.15, -0.1) is 24.0 Å². The molecule has 1 aliphatic rings. The van der Waals surface area contributed by atoms with Gasteiger partial charge in [0, 0.05) is 32.6 Å². The molecule has 124 valence electrons. The molecule has 5 heteroatoms. The summed E-state index contributed by atoms with van der Waals surface area (Å²) >= 11 is 0. The lowest BCUT2D eigenvalue weighted by Crippen LogP contribution is -2.42. The van der Waals surface area contributed by atoms with E-state index >= 15 is 0 Å². The first-order valence-electron chi connectivity index (χ1n) is 7.79. The Morgan fingerprint density at radius 1 is 1.32 bits per heavy atom. The lowest BCUT2D eigenvalue weighted by Gasteiger charge is -2.24. The zero-order chi connectivity index (χ0) is 15.3. The molecule has 1 aliphatic carbocycles. The van der Waals surface area contributed by atoms with E-state index in [9.17, 15) is 4.39 Å². The second-order valence-electron chi connectivity index (χ2n) is 5.96. The zero-order valence-electron chi connectivity index (χ0n) is 13.7. The molecule has 1 aromatic carbocycles. The second-order valence-corrected chi connectivity index (χ2v) is 5.96. The van der Waals surface area contributed by atoms with Crippen LogP contribution in [-0.2, 0) is 5.41 Å². The number of rotatable bonds is 6. The van der Waals surface area contributed by atoms with Crippen molar-refractivity contribution in [3.8, 4) is 0 Å². The molecule has 1 aromatic rings. The molecule has 1 saturated carbocycles. The van der Waals surface area contributed by atoms with Gasteiger partial charge in [0.05, 0.1) is 0 Å². The van der Waals surface area contributed by atoms with Crippen molar-refractivity contribution in [3.63, 3.8) is 0 Å². The molecular formula is C17H27FIN3. The second kappa shape index (κ2) is 8.70. The Kier molecular flexibility index (Phi) is 7.59. The van der Waals surface area contributed by atoms with Crippen LogP contribution in [0.3, 0.4) is 0 Å². The summed E-state index contributed by atoms with van der Waals surface area (Å²) in [6.45, 7) is 4.07. The van der Waals surface area contributed by atoms with Crippen molar-refractivity contribution >= 4 is 29.9 Å². The van der Waals surface area contributed by atoms with Crippen LogP contribution in [0.4, 0.5) is 4.39 Å². The molecule has 0 amide bonds. The Labute approximate surface area is 150 Å². The Hall–Kier alpha value is -0.850. The van der Waals surface area contributed by atoms with E-state index < -0.39 is 0 Å². The lowest BCUT2D eigenvalue weighted by atomic mass is 9.96. The monoisotopic (exact) mass is 419 g/mol. The molecule has 0 spiro atoms. The molecule has 0 heterocycles. The maximum Gasteiger partial charge on any atom is 0.193 e. The Balaban J connectivity index is 0.00000242. The van der Waals surface area contributed by atoms with Crippen LogP contribution >= 0.6 is 24.0 Å². The highest BCUT2D eigenvalue weighted by atomic mass is 127. The van der Waals surface area contributed by atoms with E-state index in [0.29, 0.717) is 0 Å². The fourth-order valence-electron chi connectivity index (χ4n) is 2.66. The van der Waals surface area contributed by atoms with Crippen molar-refractivity contribution in [2.24, 2.45) is 4.99 Å². The van der Waals surface area contributed by atoms with Gasteiger partial charge in [0.2, 0.25) is 0 Å². The maximum absolute atomic E-state index is 13.0. The highest BCUT2D eigenvalue weighted by Gasteiger charge is 2.44. The van der Waals surface area contributed by atoms with Gasteiger partial charge in [-0.25, -0.2) is 4.39 Å². The average Bonchev–Trinajstić information content (AvgIpc) is 3.27. The van der Waals surface area contributed by atoms with Crippen LogP contribution in [0.25, 0.3) is 0 Å². The first-order valence-corrected chi connectivity index (χ1v) is 7.79. The first-order chi connectivity index (χ1) is 10.1. The van der Waals surface area contributed by atoms with Crippen LogP contribution in [0.5, 0.6) is 0 Å². The molecular weight excluding hydrogens is 392 g/mol. The largest absolute Gasteiger partial charge is 0.355 e. The van der Waals surface area contributed by atoms with Gasteiger partial charge in [0.15, 0.2) is 5.96 Å². The number of aliphatic imine (C=N–C) groups is 1. The van der Waals surface area contributed by atoms with Crippen molar-refractivity contribution in [3.05, 3.63) is 35.6 Å². The van der Waals surface area contributed by atoms with Gasteiger partial charge in [-0.1, -0.05) is 25.5 Å². The third kappa shape index (κ3) is 4.83. The van der Waals surface area contributed by atoms with Crippen molar-refractivity contribution in [2.75, 3.05) is 27.2 Å². The van der Waals surface area contributed by atoms with Gasteiger partial charge in [-0.3, -0.25) is 4.99 Å². The molecule has 0 radical (unpaired) electrons. The lowest BCUT2D eigenvalue weighted by molar-refractivity contribution is 0.459. The van der Waals surface area contributed by atoms with E-state index in [1.54, 1.807) is 12.1 Å². The summed E-state index contributed by atoms with van der Waals surface area (Å²) < 4.78 is 13.0. The molecule has 22 heavy (non-hydrogen) atoms. The third-order valence-electron chi connectivity index (χ3n) is 4.32. The van der Waals surface area contributed by atoms with E-state index in [-0.39, 0.29) is 35.2 Å². The van der Waals surface area contributed by atoms with E-state index in [0.717, 1.165) is 31.9 Å². The van der Waals surface area contributed by atoms with Crippen LogP contribution in [0.15, 0.2) is 29.3 Å². The van der Waals surface area contributed by atoms with E-state index in [4.69, 9.17) is 0 Å². The quantitative estimate of drug-likeness (QED) is 0.432. The van der Waals surface area contributed by atoms with Crippen LogP contribution in [0.1, 0.15) is 38.2 Å². The fraction of sp³-hybridized carbons (Fsp3) is 0.588. The number of nitrogens with zero attached hydrogens (tertiary/aromatic N) is 2. The minimum Gasteiger partial charge on any atom is -0.355 e. The van der Waals surface area contributed by atoms with Crippen molar-refractivity contribution in [1.29, 1.82) is 0 Å². The maximum atomic E-state index is 13.0. The number of unbranched alkanes of at least 4 members (excludes halogenated alkanes) is 1. The number of halogens is 2. The van der Waals surface area contributed by atoms with Gasteiger partial charge < -0.3 is 10.2 Å². The molecule has 0 aliphatic heterocycles. The summed E-state index contributed by atoms with van der Waals surface area (Å²) in [6, 6.07) is 6.93. The number of nitrogens with one attached hydrogen (secondary N) is 1. The van der Waals surface area contributed by atoms with Crippen LogP contribution in [0, 0.1) is 5.82 Å². The van der Waals surface area contributed by atoms with E-state index in [1.165, 1.54) is 18.4 Å². The molecule has 1 N–H and O–H groups in total. The summed E-state index contributed by atoms with van der Waals surface area (Å²) in [7, 11) is 3.89. The van der Waals surface area contributed by atoms with Gasteiger partial charge in [0.25, 0.3) is 0 Å². The first kappa shape index (κ1) is 19.2. The van der Waals surface area contributed by atoms with E-state index in [1.807, 2.05) is 19.2 Å². The van der Waals surface area contributed by atoms with Gasteiger partial charge >= 0.3 is 0 Å². The van der Waals surface area contributed by atoms with Crippen LogP contribution < -0.4 is 5.32 Å². The molecule has 2 rings (SSSR count). The highest BCUT2D eigenvalue weighted by molar-refractivity contribution is 14.0. The fourth-order valence-corrected chi connectivity index (χ4v) is 2.66. The predicted octanol–water partition coefficient (Wildman–Crippen LogP) is 3.78. The zero-order valence-corrected chi connectivity index (χ0v) is 16.1. The molecule has 3 nitrogen and oxygen atoms in total. The minimum absolute atomic E-state index is 0. The van der Waals surface area contributed by atoms with Crippen LogP contribution in [-0.4, -0.2) is 38.0 Å². The highest BCUT2D eigenvalue weighted by Crippen LogP contribution is 2.47. The summed E-state index contributed by atoms with van der Waals surface area (Å²) in [5.74, 6) is 0.773. The SMILES string of the molecule is CCCCN(C)C(=NC)NCC1(c2ccc(F)cc2)CC1.I. The number of hydrogen-bond acceptors (Lipinski definition) is 1. The van der Waals surface area contributed by atoms with Crippen molar-refractivity contribution in [1.82, 2.24) is 10.2 Å². The molecule has 0 bridgehead atoms. The van der Waals surface area contributed by atoms with Crippen LogP contribution in [0.2, 0.25) is 0 Å². The number of guanidine groups is 1. The smallest absolute Gasteiger partial charge is 0.193 e. The minimum atomic E-state index is -0.169. The van der Waals surface area contributed by atoms with Crippen molar-refractivity contribution < 1.29 is 4.39 Å². The van der Waals surface area contributed by atoms with Crippen molar-refractivity contribution in [2.45, 2.75) is 38.0 Å². The topological polar surface area (TPSA) is 27.6 Å². The molecule has 1 fully saturated rings. The Morgan fingerprint density at radius 3 is 2.45 bits per heavy atom. The van der Waals surface area contributed by atoms with Gasteiger partial charge in [-0.2, -0.15) is 0 Å². The normalized spacial score (nSPS) is 15.9.